The van der Waals surface area contributed by atoms with Crippen LogP contribution in [0.4, 0.5) is 20.3 Å². The van der Waals surface area contributed by atoms with E-state index in [1.807, 2.05) is 0 Å². The Morgan fingerprint density at radius 1 is 1.33 bits per heavy atom. The Morgan fingerprint density at radius 2 is 2.17 bits per heavy atom. The Kier molecular flexibility index (Phi) is 5.59. The predicted octanol–water partition coefficient (Wildman–Crippen LogP) is 4.59. The Labute approximate surface area is 176 Å². The van der Waals surface area contributed by atoms with Gasteiger partial charge in [0.25, 0.3) is 0 Å². The van der Waals surface area contributed by atoms with Crippen LogP contribution in [0.25, 0.3) is 11.0 Å². The third kappa shape index (κ3) is 3.82. The zero-order valence-electron chi connectivity index (χ0n) is 15.9. The fourth-order valence-corrected chi connectivity index (χ4v) is 3.79. The molecule has 1 fully saturated rings. The lowest BCUT2D eigenvalue weighted by atomic mass is 9.93. The number of carbonyl (C=O) groups is 1. The van der Waals surface area contributed by atoms with Crippen LogP contribution in [-0.4, -0.2) is 38.8 Å². The van der Waals surface area contributed by atoms with Crippen LogP contribution in [-0.2, 0) is 4.79 Å². The van der Waals surface area contributed by atoms with Gasteiger partial charge in [0.2, 0.25) is 5.91 Å². The van der Waals surface area contributed by atoms with Crippen LogP contribution < -0.4 is 5.32 Å². The van der Waals surface area contributed by atoms with Gasteiger partial charge in [0, 0.05) is 25.1 Å². The minimum absolute atomic E-state index is 0.0350. The van der Waals surface area contributed by atoms with Gasteiger partial charge in [-0.15, -0.1) is 0 Å². The number of benzene rings is 1. The predicted molar refractivity (Wildman–Crippen MR) is 111 cm³/mol. The zero-order valence-corrected chi connectivity index (χ0v) is 16.7. The molecule has 1 aromatic carbocycles. The van der Waals surface area contributed by atoms with E-state index in [9.17, 15) is 13.6 Å². The number of piperidine rings is 1. The van der Waals surface area contributed by atoms with E-state index in [-0.39, 0.29) is 39.6 Å². The number of rotatable bonds is 4. The molecule has 3 aromatic rings. The Bertz CT molecular complexity index is 1140. The Hall–Kier alpha value is -3.13. The van der Waals surface area contributed by atoms with Gasteiger partial charge in [-0.05, 0) is 31.1 Å². The third-order valence-corrected chi connectivity index (χ3v) is 5.38. The zero-order chi connectivity index (χ0) is 21.3. The summed E-state index contributed by atoms with van der Waals surface area (Å²) < 4.78 is 29.2. The number of amides is 1. The highest BCUT2D eigenvalue weighted by atomic mass is 35.5. The normalized spacial score (nSPS) is 16.5. The van der Waals surface area contributed by atoms with Gasteiger partial charge in [0.05, 0.1) is 21.9 Å². The topological polar surface area (TPSA) is 71.0 Å². The summed E-state index contributed by atoms with van der Waals surface area (Å²) in [4.78, 5) is 26.3. The van der Waals surface area contributed by atoms with Crippen LogP contribution in [0.2, 0.25) is 5.02 Å². The molecule has 0 spiro atoms. The number of anilines is 2. The van der Waals surface area contributed by atoms with E-state index >= 15 is 0 Å². The van der Waals surface area contributed by atoms with Crippen molar-refractivity contribution >= 4 is 40.0 Å². The summed E-state index contributed by atoms with van der Waals surface area (Å²) in [6.07, 6.45) is 3.92. The molecule has 2 aromatic heterocycles. The number of fused-ring (bicyclic) bond motifs is 1. The van der Waals surface area contributed by atoms with Crippen molar-refractivity contribution in [1.82, 2.24) is 19.9 Å². The number of likely N-dealkylation sites (tertiary alicyclic amines) is 1. The van der Waals surface area contributed by atoms with Gasteiger partial charge < -0.3 is 10.2 Å². The number of nitrogens with one attached hydrogen (secondary N) is 1. The monoisotopic (exact) mass is 429 g/mol. The molecule has 1 unspecified atom stereocenters. The molecule has 1 aliphatic heterocycles. The van der Waals surface area contributed by atoms with E-state index in [4.69, 9.17) is 11.6 Å². The highest BCUT2D eigenvalue weighted by molar-refractivity contribution is 6.31. The summed E-state index contributed by atoms with van der Waals surface area (Å²) in [5, 5.41) is 2.83. The summed E-state index contributed by atoms with van der Waals surface area (Å²) in [7, 11) is 0. The average Bonchev–Trinajstić information content (AvgIpc) is 2.76. The van der Waals surface area contributed by atoms with E-state index in [0.717, 1.165) is 6.42 Å². The van der Waals surface area contributed by atoms with Crippen LogP contribution in [0.5, 0.6) is 0 Å². The molecule has 0 radical (unpaired) electrons. The van der Waals surface area contributed by atoms with Crippen LogP contribution in [0.1, 0.15) is 24.5 Å². The summed E-state index contributed by atoms with van der Waals surface area (Å²) >= 11 is 5.84. The molecule has 154 valence electrons. The van der Waals surface area contributed by atoms with E-state index in [1.165, 1.54) is 30.6 Å². The smallest absolute Gasteiger partial charge is 0.245 e. The molecule has 0 bridgehead atoms. The van der Waals surface area contributed by atoms with E-state index in [2.05, 4.69) is 26.8 Å². The standard InChI is InChI=1S/C21H18ClF2N5O/c1-2-17(30)29-8-4-5-12(10-29)19-14(23)9-16-20(28-19)21(26-11-25-16)27-15-7-3-6-13(22)18(15)24/h2-3,6-7,9,11-12H,1,4-5,8,10H2,(H,25,26,27). The van der Waals surface area contributed by atoms with Crippen molar-refractivity contribution in [3.8, 4) is 0 Å². The van der Waals surface area contributed by atoms with E-state index in [1.54, 1.807) is 11.0 Å². The number of hydrogen-bond acceptors (Lipinski definition) is 5. The second kappa shape index (κ2) is 8.31. The second-order valence-electron chi connectivity index (χ2n) is 7.00. The lowest BCUT2D eigenvalue weighted by Crippen LogP contribution is -2.38. The molecular weight excluding hydrogens is 412 g/mol. The molecule has 9 heteroatoms. The largest absolute Gasteiger partial charge is 0.339 e. The Balaban J connectivity index is 1.73. The number of nitrogens with zero attached hydrogens (tertiary/aromatic N) is 4. The lowest BCUT2D eigenvalue weighted by Gasteiger charge is -2.32. The third-order valence-electron chi connectivity index (χ3n) is 5.09. The molecule has 1 saturated heterocycles. The number of pyridine rings is 1. The van der Waals surface area contributed by atoms with Gasteiger partial charge in [-0.3, -0.25) is 4.79 Å². The fraction of sp³-hybridized carbons (Fsp3) is 0.238. The Morgan fingerprint density at radius 3 is 2.97 bits per heavy atom. The number of carbonyl (C=O) groups excluding carboxylic acids is 1. The van der Waals surface area contributed by atoms with Crippen LogP contribution in [0.15, 0.2) is 43.2 Å². The van der Waals surface area contributed by atoms with Crippen LogP contribution in [0, 0.1) is 11.6 Å². The SMILES string of the molecule is C=CC(=O)N1CCCC(c2nc3c(Nc4cccc(Cl)c4F)ncnc3cc2F)C1. The highest BCUT2D eigenvalue weighted by Crippen LogP contribution is 2.32. The quantitative estimate of drug-likeness (QED) is 0.614. The maximum atomic E-state index is 14.8. The molecule has 30 heavy (non-hydrogen) atoms. The van der Waals surface area contributed by atoms with Gasteiger partial charge in [0.1, 0.15) is 17.7 Å². The molecule has 0 aliphatic carbocycles. The first-order valence-electron chi connectivity index (χ1n) is 9.41. The van der Waals surface area contributed by atoms with Crippen molar-refractivity contribution in [3.05, 3.63) is 65.6 Å². The fourth-order valence-electron chi connectivity index (χ4n) is 3.61. The summed E-state index contributed by atoms with van der Waals surface area (Å²) in [6, 6.07) is 5.83. The molecular formula is C21H18ClF2N5O. The minimum Gasteiger partial charge on any atom is -0.339 e. The first-order chi connectivity index (χ1) is 14.5. The van der Waals surface area contributed by atoms with Gasteiger partial charge in [0.15, 0.2) is 11.6 Å². The summed E-state index contributed by atoms with van der Waals surface area (Å²) in [5.41, 5.74) is 0.940. The molecule has 3 heterocycles. The molecule has 1 N–H and O–H groups in total. The van der Waals surface area contributed by atoms with E-state index in [0.29, 0.717) is 25.0 Å². The van der Waals surface area contributed by atoms with E-state index < -0.39 is 11.6 Å². The number of hydrogen-bond donors (Lipinski definition) is 1. The molecule has 6 nitrogen and oxygen atoms in total. The maximum absolute atomic E-state index is 14.8. The first-order valence-corrected chi connectivity index (χ1v) is 9.79. The second-order valence-corrected chi connectivity index (χ2v) is 7.41. The van der Waals surface area contributed by atoms with Gasteiger partial charge in [-0.25, -0.2) is 23.7 Å². The van der Waals surface area contributed by atoms with Crippen molar-refractivity contribution in [2.24, 2.45) is 0 Å². The summed E-state index contributed by atoms with van der Waals surface area (Å²) in [6.45, 7) is 4.46. The molecule has 0 saturated carbocycles. The number of halogens is 3. The van der Waals surface area contributed by atoms with Crippen molar-refractivity contribution in [2.75, 3.05) is 18.4 Å². The average molecular weight is 430 g/mol. The minimum atomic E-state index is -0.626. The molecule has 1 amide bonds. The molecule has 1 aliphatic rings. The highest BCUT2D eigenvalue weighted by Gasteiger charge is 2.27. The lowest BCUT2D eigenvalue weighted by molar-refractivity contribution is -0.127. The van der Waals surface area contributed by atoms with Crippen molar-refractivity contribution in [2.45, 2.75) is 18.8 Å². The molecule has 1 atom stereocenters. The summed E-state index contributed by atoms with van der Waals surface area (Å²) in [5.74, 6) is -1.36. The van der Waals surface area contributed by atoms with Gasteiger partial charge in [-0.1, -0.05) is 24.2 Å². The first kappa shape index (κ1) is 20.2. The van der Waals surface area contributed by atoms with Gasteiger partial charge >= 0.3 is 0 Å². The molecule has 4 rings (SSSR count). The number of aromatic nitrogens is 3. The van der Waals surface area contributed by atoms with Crippen molar-refractivity contribution in [1.29, 1.82) is 0 Å². The van der Waals surface area contributed by atoms with Crippen LogP contribution in [0.3, 0.4) is 0 Å². The van der Waals surface area contributed by atoms with Gasteiger partial charge in [-0.2, -0.15) is 0 Å². The maximum Gasteiger partial charge on any atom is 0.245 e. The van der Waals surface area contributed by atoms with Crippen LogP contribution >= 0.6 is 11.6 Å². The van der Waals surface area contributed by atoms with Crippen molar-refractivity contribution in [3.63, 3.8) is 0 Å². The van der Waals surface area contributed by atoms with Crippen molar-refractivity contribution < 1.29 is 13.6 Å².